The van der Waals surface area contributed by atoms with Gasteiger partial charge in [0, 0.05) is 18.7 Å². The molecule has 0 aliphatic heterocycles. The van der Waals surface area contributed by atoms with Crippen molar-refractivity contribution in [1.29, 1.82) is 0 Å². The van der Waals surface area contributed by atoms with E-state index < -0.39 is 17.5 Å². The number of benzene rings is 2. The van der Waals surface area contributed by atoms with Crippen LogP contribution in [0.15, 0.2) is 42.5 Å². The molecule has 0 spiro atoms. The van der Waals surface area contributed by atoms with Crippen molar-refractivity contribution in [3.05, 3.63) is 65.5 Å². The number of halogens is 3. The molecule has 0 heterocycles. The minimum Gasteiger partial charge on any atom is -0.380 e. The quantitative estimate of drug-likeness (QED) is 0.872. The van der Waals surface area contributed by atoms with Crippen LogP contribution >= 0.6 is 0 Å². The molecule has 2 rings (SSSR count). The highest BCUT2D eigenvalue weighted by atomic mass is 19.1. The molecule has 2 aromatic rings. The Bertz CT molecular complexity index is 503. The van der Waals surface area contributed by atoms with Crippen molar-refractivity contribution in [2.24, 2.45) is 0 Å². The van der Waals surface area contributed by atoms with Crippen LogP contribution in [0.25, 0.3) is 0 Å². The Morgan fingerprint density at radius 3 is 2.11 bits per heavy atom. The molecule has 2 aromatic carbocycles. The lowest BCUT2D eigenvalue weighted by Crippen LogP contribution is -2.08. The fourth-order valence-corrected chi connectivity index (χ4v) is 1.69. The van der Waals surface area contributed by atoms with Gasteiger partial charge in [-0.15, -0.1) is 0 Å². The van der Waals surface area contributed by atoms with Crippen LogP contribution in [0.1, 0.15) is 5.56 Å². The molecule has 0 saturated carbocycles. The van der Waals surface area contributed by atoms with Crippen molar-refractivity contribution in [2.75, 3.05) is 11.9 Å². The molecule has 94 valence electrons. The van der Waals surface area contributed by atoms with E-state index in [2.05, 4.69) is 5.32 Å². The maximum Gasteiger partial charge on any atom is 0.152 e. The number of hydrogen-bond donors (Lipinski definition) is 1. The molecule has 0 amide bonds. The third-order valence-corrected chi connectivity index (χ3v) is 2.57. The van der Waals surface area contributed by atoms with Gasteiger partial charge in [-0.05, 0) is 12.0 Å². The minimum atomic E-state index is -0.918. The average Bonchev–Trinajstić information content (AvgIpc) is 2.34. The van der Waals surface area contributed by atoms with Gasteiger partial charge in [-0.3, -0.25) is 0 Å². The topological polar surface area (TPSA) is 12.0 Å². The summed E-state index contributed by atoms with van der Waals surface area (Å²) in [4.78, 5) is 0. The van der Waals surface area contributed by atoms with Gasteiger partial charge in [0.2, 0.25) is 0 Å². The molecule has 0 atom stereocenters. The lowest BCUT2D eigenvalue weighted by Gasteiger charge is -2.08. The standard InChI is InChI=1S/C14H12F3N/c15-11-8-12(16)14(13(17)9-11)18-7-6-10-4-2-1-3-5-10/h1-5,8-9,18H,6-7H2. The lowest BCUT2D eigenvalue weighted by molar-refractivity contribution is 0.547. The van der Waals surface area contributed by atoms with Gasteiger partial charge in [-0.1, -0.05) is 30.3 Å². The van der Waals surface area contributed by atoms with E-state index in [-0.39, 0.29) is 5.69 Å². The van der Waals surface area contributed by atoms with Crippen LogP contribution < -0.4 is 5.32 Å². The van der Waals surface area contributed by atoms with Crippen molar-refractivity contribution in [3.8, 4) is 0 Å². The summed E-state index contributed by atoms with van der Waals surface area (Å²) >= 11 is 0. The summed E-state index contributed by atoms with van der Waals surface area (Å²) in [6, 6.07) is 10.9. The van der Waals surface area contributed by atoms with Crippen molar-refractivity contribution >= 4 is 5.69 Å². The largest absolute Gasteiger partial charge is 0.380 e. The Balaban J connectivity index is 1.99. The van der Waals surface area contributed by atoms with E-state index in [1.54, 1.807) is 0 Å². The fraction of sp³-hybridized carbons (Fsp3) is 0.143. The minimum absolute atomic E-state index is 0.285. The van der Waals surface area contributed by atoms with Gasteiger partial charge in [0.15, 0.2) is 11.6 Å². The third-order valence-electron chi connectivity index (χ3n) is 2.57. The molecular weight excluding hydrogens is 239 g/mol. The monoisotopic (exact) mass is 251 g/mol. The first-order valence-electron chi connectivity index (χ1n) is 5.59. The van der Waals surface area contributed by atoms with Crippen LogP contribution in [0, 0.1) is 17.5 Å². The van der Waals surface area contributed by atoms with Gasteiger partial charge in [-0.25, -0.2) is 13.2 Å². The first-order chi connectivity index (χ1) is 8.66. The zero-order chi connectivity index (χ0) is 13.0. The Labute approximate surface area is 103 Å². The SMILES string of the molecule is Fc1cc(F)c(NCCc2ccccc2)c(F)c1. The van der Waals surface area contributed by atoms with Crippen LogP contribution in [-0.4, -0.2) is 6.54 Å². The Morgan fingerprint density at radius 1 is 0.889 bits per heavy atom. The second kappa shape index (κ2) is 5.58. The van der Waals surface area contributed by atoms with E-state index in [1.807, 2.05) is 30.3 Å². The molecule has 18 heavy (non-hydrogen) atoms. The van der Waals surface area contributed by atoms with E-state index in [1.165, 1.54) is 0 Å². The summed E-state index contributed by atoms with van der Waals surface area (Å²) < 4.78 is 39.3. The van der Waals surface area contributed by atoms with Crippen molar-refractivity contribution in [1.82, 2.24) is 0 Å². The van der Waals surface area contributed by atoms with Gasteiger partial charge < -0.3 is 5.32 Å². The van der Waals surface area contributed by atoms with Crippen LogP contribution in [0.2, 0.25) is 0 Å². The van der Waals surface area contributed by atoms with E-state index in [9.17, 15) is 13.2 Å². The second-order valence-corrected chi connectivity index (χ2v) is 3.91. The molecular formula is C14H12F3N. The van der Waals surface area contributed by atoms with Crippen molar-refractivity contribution in [3.63, 3.8) is 0 Å². The lowest BCUT2D eigenvalue weighted by atomic mass is 10.1. The van der Waals surface area contributed by atoms with Gasteiger partial charge in [0.05, 0.1) is 0 Å². The summed E-state index contributed by atoms with van der Waals surface area (Å²) in [6.45, 7) is 0.378. The molecule has 4 heteroatoms. The number of hydrogen-bond acceptors (Lipinski definition) is 1. The van der Waals surface area contributed by atoms with Gasteiger partial charge in [0.1, 0.15) is 11.5 Å². The van der Waals surface area contributed by atoms with Crippen LogP contribution in [0.5, 0.6) is 0 Å². The fourth-order valence-electron chi connectivity index (χ4n) is 1.69. The van der Waals surface area contributed by atoms with Gasteiger partial charge in [-0.2, -0.15) is 0 Å². The van der Waals surface area contributed by atoms with Crippen molar-refractivity contribution < 1.29 is 13.2 Å². The molecule has 0 bridgehead atoms. The highest BCUT2D eigenvalue weighted by molar-refractivity contribution is 5.46. The Kier molecular flexibility index (Phi) is 3.87. The van der Waals surface area contributed by atoms with Gasteiger partial charge in [0.25, 0.3) is 0 Å². The average molecular weight is 251 g/mol. The summed E-state index contributed by atoms with van der Waals surface area (Å²) in [5, 5.41) is 2.64. The number of nitrogens with one attached hydrogen (secondary N) is 1. The van der Waals surface area contributed by atoms with Crippen LogP contribution in [0.4, 0.5) is 18.9 Å². The van der Waals surface area contributed by atoms with E-state index in [4.69, 9.17) is 0 Å². The Morgan fingerprint density at radius 2 is 1.50 bits per heavy atom. The van der Waals surface area contributed by atoms with Gasteiger partial charge >= 0.3 is 0 Å². The Hall–Kier alpha value is -1.97. The molecule has 0 fully saturated rings. The highest BCUT2D eigenvalue weighted by Crippen LogP contribution is 2.19. The molecule has 0 saturated heterocycles. The highest BCUT2D eigenvalue weighted by Gasteiger charge is 2.10. The molecule has 1 nitrogen and oxygen atoms in total. The maximum atomic E-state index is 13.3. The normalized spacial score (nSPS) is 10.4. The molecule has 1 N–H and O–H groups in total. The smallest absolute Gasteiger partial charge is 0.152 e. The maximum absolute atomic E-state index is 13.3. The molecule has 0 aliphatic carbocycles. The second-order valence-electron chi connectivity index (χ2n) is 3.91. The predicted octanol–water partition coefficient (Wildman–Crippen LogP) is 3.76. The zero-order valence-corrected chi connectivity index (χ0v) is 9.59. The predicted molar refractivity (Wildman–Crippen MR) is 65.0 cm³/mol. The van der Waals surface area contributed by atoms with E-state index in [0.29, 0.717) is 25.1 Å². The van der Waals surface area contributed by atoms with E-state index in [0.717, 1.165) is 5.56 Å². The first-order valence-corrected chi connectivity index (χ1v) is 5.59. The van der Waals surface area contributed by atoms with E-state index >= 15 is 0 Å². The summed E-state index contributed by atoms with van der Waals surface area (Å²) in [6.07, 6.45) is 0.636. The van der Waals surface area contributed by atoms with Crippen molar-refractivity contribution in [2.45, 2.75) is 6.42 Å². The molecule has 0 unspecified atom stereocenters. The zero-order valence-electron chi connectivity index (χ0n) is 9.59. The van der Waals surface area contributed by atoms with Crippen LogP contribution in [0.3, 0.4) is 0 Å². The summed E-state index contributed by atoms with van der Waals surface area (Å²) in [5.74, 6) is -2.75. The first kappa shape index (κ1) is 12.5. The summed E-state index contributed by atoms with van der Waals surface area (Å²) in [7, 11) is 0. The third kappa shape index (κ3) is 3.03. The molecule has 0 radical (unpaired) electrons. The summed E-state index contributed by atoms with van der Waals surface area (Å²) in [5.41, 5.74) is 0.778. The molecule has 0 aromatic heterocycles. The molecule has 0 aliphatic rings. The number of anilines is 1. The number of rotatable bonds is 4. The van der Waals surface area contributed by atoms with Crippen LogP contribution in [-0.2, 0) is 6.42 Å².